The monoisotopic (exact) mass is 263 g/mol. The lowest BCUT2D eigenvalue weighted by atomic mass is 10.0. The molecule has 1 unspecified atom stereocenters. The minimum absolute atomic E-state index is 0.0142. The fourth-order valence-corrected chi connectivity index (χ4v) is 2.51. The summed E-state index contributed by atoms with van der Waals surface area (Å²) < 4.78 is 5.81. The van der Waals surface area contributed by atoms with Gasteiger partial charge in [0.05, 0.1) is 17.4 Å². The van der Waals surface area contributed by atoms with Gasteiger partial charge in [-0.3, -0.25) is 9.78 Å². The smallest absolute Gasteiger partial charge is 0.254 e. The average molecular weight is 263 g/mol. The Bertz CT molecular complexity index is 474. The zero-order valence-electron chi connectivity index (χ0n) is 11.7. The van der Waals surface area contributed by atoms with E-state index in [9.17, 15) is 4.79 Å². The molecule has 104 valence electrons. The Morgan fingerprint density at radius 3 is 3.00 bits per heavy atom. The average Bonchev–Trinajstić information content (AvgIpc) is 2.35. The Kier molecular flexibility index (Phi) is 3.87. The zero-order chi connectivity index (χ0) is 14.0. The molecule has 1 saturated heterocycles. The Morgan fingerprint density at radius 2 is 2.37 bits per heavy atom. The fourth-order valence-electron chi connectivity index (χ4n) is 2.51. The van der Waals surface area contributed by atoms with Gasteiger partial charge in [0, 0.05) is 31.4 Å². The molecule has 5 heteroatoms. The number of pyridine rings is 1. The molecule has 0 aromatic carbocycles. The van der Waals surface area contributed by atoms with Crippen molar-refractivity contribution in [3.63, 3.8) is 0 Å². The minimum Gasteiger partial charge on any atom is -0.369 e. The van der Waals surface area contributed by atoms with E-state index < -0.39 is 0 Å². The summed E-state index contributed by atoms with van der Waals surface area (Å²) in [6.45, 7) is 7.53. The second-order valence-corrected chi connectivity index (χ2v) is 5.61. The number of aromatic nitrogens is 1. The molecule has 0 saturated carbocycles. The molecule has 1 fully saturated rings. The molecule has 1 aromatic heterocycles. The van der Waals surface area contributed by atoms with Crippen LogP contribution in [-0.4, -0.2) is 40.6 Å². The van der Waals surface area contributed by atoms with E-state index in [4.69, 9.17) is 10.5 Å². The van der Waals surface area contributed by atoms with Crippen LogP contribution in [0.5, 0.6) is 0 Å². The second kappa shape index (κ2) is 5.27. The molecule has 2 rings (SSSR count). The van der Waals surface area contributed by atoms with Gasteiger partial charge >= 0.3 is 0 Å². The molecule has 2 heterocycles. The first-order valence-corrected chi connectivity index (χ1v) is 6.53. The highest BCUT2D eigenvalue weighted by molar-refractivity contribution is 5.94. The number of nitrogens with two attached hydrogens (primary N) is 1. The quantitative estimate of drug-likeness (QED) is 0.870. The molecular formula is C14H21N3O2. The summed E-state index contributed by atoms with van der Waals surface area (Å²) in [6, 6.07) is 3.49. The van der Waals surface area contributed by atoms with Crippen LogP contribution < -0.4 is 5.73 Å². The minimum atomic E-state index is -0.308. The molecule has 1 aromatic rings. The van der Waals surface area contributed by atoms with Gasteiger partial charge in [-0.25, -0.2) is 0 Å². The fraction of sp³-hybridized carbons (Fsp3) is 0.571. The van der Waals surface area contributed by atoms with Crippen molar-refractivity contribution in [2.45, 2.75) is 39.0 Å². The molecule has 1 amide bonds. The third-order valence-electron chi connectivity index (χ3n) is 3.13. The molecule has 19 heavy (non-hydrogen) atoms. The highest BCUT2D eigenvalue weighted by atomic mass is 16.5. The molecule has 1 atom stereocenters. The van der Waals surface area contributed by atoms with Crippen LogP contribution in [0.4, 0.5) is 0 Å². The summed E-state index contributed by atoms with van der Waals surface area (Å²) in [5.74, 6) is 0.0142. The zero-order valence-corrected chi connectivity index (χ0v) is 11.7. The van der Waals surface area contributed by atoms with Crippen LogP contribution in [0.1, 0.15) is 36.8 Å². The van der Waals surface area contributed by atoms with E-state index in [0.29, 0.717) is 25.2 Å². The van der Waals surface area contributed by atoms with Crippen LogP contribution in [0.15, 0.2) is 18.3 Å². The summed E-state index contributed by atoms with van der Waals surface area (Å²) in [5, 5.41) is 0. The normalized spacial score (nSPS) is 22.3. The van der Waals surface area contributed by atoms with Gasteiger partial charge in [-0.2, -0.15) is 0 Å². The van der Waals surface area contributed by atoms with E-state index in [1.165, 1.54) is 0 Å². The number of ether oxygens (including phenoxy) is 1. The Balaban J connectivity index is 2.18. The Hall–Kier alpha value is -1.46. The lowest BCUT2D eigenvalue weighted by molar-refractivity contribution is -0.118. The summed E-state index contributed by atoms with van der Waals surface area (Å²) in [7, 11) is 0. The third kappa shape index (κ3) is 3.30. The molecule has 2 N–H and O–H groups in total. The number of amides is 1. The highest BCUT2D eigenvalue weighted by Crippen LogP contribution is 2.22. The van der Waals surface area contributed by atoms with Crippen molar-refractivity contribution in [3.8, 4) is 0 Å². The van der Waals surface area contributed by atoms with Crippen LogP contribution in [0.2, 0.25) is 0 Å². The van der Waals surface area contributed by atoms with E-state index >= 15 is 0 Å². The van der Waals surface area contributed by atoms with Crippen molar-refractivity contribution in [2.75, 3.05) is 13.1 Å². The lowest BCUT2D eigenvalue weighted by Crippen LogP contribution is -2.53. The molecule has 0 spiro atoms. The largest absolute Gasteiger partial charge is 0.369 e. The first-order chi connectivity index (χ1) is 8.91. The predicted molar refractivity (Wildman–Crippen MR) is 72.7 cm³/mol. The van der Waals surface area contributed by atoms with Crippen LogP contribution >= 0.6 is 0 Å². The number of nitrogens with zero attached hydrogens (tertiary/aromatic N) is 2. The summed E-state index contributed by atoms with van der Waals surface area (Å²) >= 11 is 0. The van der Waals surface area contributed by atoms with E-state index in [1.807, 2.05) is 25.7 Å². The number of morpholine rings is 1. The number of rotatable bonds is 2. The van der Waals surface area contributed by atoms with Gasteiger partial charge in [-0.15, -0.1) is 0 Å². The maximum atomic E-state index is 12.5. The number of hydrogen-bond acceptors (Lipinski definition) is 4. The highest BCUT2D eigenvalue weighted by Gasteiger charge is 2.34. The molecular weight excluding hydrogens is 242 g/mol. The topological polar surface area (TPSA) is 68.5 Å². The second-order valence-electron chi connectivity index (χ2n) is 5.61. The molecule has 0 bridgehead atoms. The summed E-state index contributed by atoms with van der Waals surface area (Å²) in [5.41, 5.74) is 6.61. The predicted octanol–water partition coefficient (Wildman–Crippen LogP) is 1.18. The van der Waals surface area contributed by atoms with Crippen molar-refractivity contribution in [1.29, 1.82) is 0 Å². The van der Waals surface area contributed by atoms with Crippen molar-refractivity contribution >= 4 is 5.91 Å². The lowest BCUT2D eigenvalue weighted by Gasteiger charge is -2.41. The van der Waals surface area contributed by atoms with Crippen molar-refractivity contribution in [3.05, 3.63) is 29.6 Å². The van der Waals surface area contributed by atoms with Gasteiger partial charge in [0.1, 0.15) is 0 Å². The summed E-state index contributed by atoms with van der Waals surface area (Å²) in [6.07, 6.45) is 1.67. The molecule has 5 nitrogen and oxygen atoms in total. The maximum Gasteiger partial charge on any atom is 0.254 e. The standard InChI is InChI=1S/C14H21N3O2/c1-10-8-17(9-14(2,3)19-10)13(18)11-4-5-16-12(6-11)7-15/h4-6,10H,7-9,15H2,1-3H3. The Morgan fingerprint density at radius 1 is 1.63 bits per heavy atom. The first kappa shape index (κ1) is 14.0. The van der Waals surface area contributed by atoms with Crippen LogP contribution in [-0.2, 0) is 11.3 Å². The number of carbonyl (C=O) groups is 1. The van der Waals surface area contributed by atoms with Crippen molar-refractivity contribution < 1.29 is 9.53 Å². The molecule has 0 aliphatic carbocycles. The van der Waals surface area contributed by atoms with Crippen LogP contribution in [0, 0.1) is 0 Å². The third-order valence-corrected chi connectivity index (χ3v) is 3.13. The van der Waals surface area contributed by atoms with E-state index in [-0.39, 0.29) is 17.6 Å². The van der Waals surface area contributed by atoms with Gasteiger partial charge in [-0.05, 0) is 32.9 Å². The van der Waals surface area contributed by atoms with E-state index in [1.54, 1.807) is 18.3 Å². The molecule has 0 radical (unpaired) electrons. The summed E-state index contributed by atoms with van der Waals surface area (Å²) in [4.78, 5) is 18.4. The van der Waals surface area contributed by atoms with Crippen LogP contribution in [0.25, 0.3) is 0 Å². The first-order valence-electron chi connectivity index (χ1n) is 6.53. The van der Waals surface area contributed by atoms with Crippen molar-refractivity contribution in [1.82, 2.24) is 9.88 Å². The maximum absolute atomic E-state index is 12.5. The van der Waals surface area contributed by atoms with Gasteiger partial charge in [0.2, 0.25) is 0 Å². The van der Waals surface area contributed by atoms with Gasteiger partial charge < -0.3 is 15.4 Å². The molecule has 1 aliphatic rings. The van der Waals surface area contributed by atoms with Gasteiger partial charge in [0.25, 0.3) is 5.91 Å². The molecule has 1 aliphatic heterocycles. The van der Waals surface area contributed by atoms with Crippen molar-refractivity contribution in [2.24, 2.45) is 5.73 Å². The number of hydrogen-bond donors (Lipinski definition) is 1. The Labute approximate surface area is 113 Å². The van der Waals surface area contributed by atoms with Gasteiger partial charge in [0.15, 0.2) is 0 Å². The van der Waals surface area contributed by atoms with E-state index in [0.717, 1.165) is 5.69 Å². The van der Waals surface area contributed by atoms with Crippen LogP contribution in [0.3, 0.4) is 0 Å². The number of carbonyl (C=O) groups excluding carboxylic acids is 1. The van der Waals surface area contributed by atoms with E-state index in [2.05, 4.69) is 4.98 Å². The SMILES string of the molecule is CC1CN(C(=O)c2ccnc(CN)c2)CC(C)(C)O1. The van der Waals surface area contributed by atoms with Gasteiger partial charge in [-0.1, -0.05) is 0 Å².